The van der Waals surface area contributed by atoms with Gasteiger partial charge in [0.2, 0.25) is 5.43 Å². The summed E-state index contributed by atoms with van der Waals surface area (Å²) in [6.07, 6.45) is -4.24. The number of hydrogen-bond donors (Lipinski definition) is 2. The zero-order valence-electron chi connectivity index (χ0n) is 15.8. The highest BCUT2D eigenvalue weighted by Gasteiger charge is 2.33. The average molecular weight is 437 g/mol. The fourth-order valence-electron chi connectivity index (χ4n) is 2.86. The molecule has 158 valence electrons. The van der Waals surface area contributed by atoms with Gasteiger partial charge in [-0.25, -0.2) is 18.0 Å². The lowest BCUT2D eigenvalue weighted by Crippen LogP contribution is -2.36. The van der Waals surface area contributed by atoms with Crippen LogP contribution < -0.4 is 21.0 Å². The second-order valence-electron chi connectivity index (χ2n) is 6.64. The molecule has 0 unspecified atom stereocenters. The van der Waals surface area contributed by atoms with Crippen molar-refractivity contribution in [2.24, 2.45) is 0 Å². The van der Waals surface area contributed by atoms with Crippen LogP contribution >= 0.6 is 12.2 Å². The van der Waals surface area contributed by atoms with Crippen LogP contribution in [0.4, 0.5) is 35.0 Å². The lowest BCUT2D eigenvalue weighted by Gasteiger charge is -2.15. The number of nitrogens with one attached hydrogen (secondary N) is 2. The van der Waals surface area contributed by atoms with Gasteiger partial charge in [-0.2, -0.15) is 0 Å². The van der Waals surface area contributed by atoms with Gasteiger partial charge in [-0.15, -0.1) is 0 Å². The van der Waals surface area contributed by atoms with Crippen molar-refractivity contribution in [2.75, 3.05) is 23.3 Å². The Kier molecular flexibility index (Phi) is 6.56. The summed E-state index contributed by atoms with van der Waals surface area (Å²) in [6.45, 7) is 1.74. The summed E-state index contributed by atoms with van der Waals surface area (Å²) in [4.78, 5) is 24.8. The summed E-state index contributed by atoms with van der Waals surface area (Å²) in [5.41, 5.74) is 0.985. The Bertz CT molecular complexity index is 1040. The standard InChI is InChI=1S/C20H18F3N3O3S/c1-11-3-2-4-16(17(27)7-11)25-15-6-5-12(8-14(15)21)26-10-13(29-20(26)28)9-24-19(30)18(22)23/h2-8,13,18H,9-10H2,1H3,(H,24,30)(H,25,27)/t13-/m0/s1. The van der Waals surface area contributed by atoms with Gasteiger partial charge in [0.25, 0.3) is 6.43 Å². The van der Waals surface area contributed by atoms with Crippen molar-refractivity contribution in [1.29, 1.82) is 0 Å². The number of ether oxygens (including phenoxy) is 1. The fraction of sp³-hybridized carbons (Fsp3) is 0.250. The van der Waals surface area contributed by atoms with Crippen molar-refractivity contribution in [1.82, 2.24) is 5.32 Å². The topological polar surface area (TPSA) is 70.7 Å². The second-order valence-corrected chi connectivity index (χ2v) is 7.08. The van der Waals surface area contributed by atoms with Crippen molar-refractivity contribution in [3.63, 3.8) is 0 Å². The van der Waals surface area contributed by atoms with E-state index >= 15 is 0 Å². The molecule has 1 aliphatic heterocycles. The SMILES string of the molecule is Cc1cccc(Nc2ccc(N3C[C@H](CNC(=S)C(F)F)OC3=O)cc2F)c(=O)c1. The maximum absolute atomic E-state index is 14.6. The van der Waals surface area contributed by atoms with Gasteiger partial charge in [-0.1, -0.05) is 24.4 Å². The van der Waals surface area contributed by atoms with E-state index < -0.39 is 29.4 Å². The van der Waals surface area contributed by atoms with Gasteiger partial charge in [-0.05, 0) is 42.8 Å². The molecule has 0 aromatic heterocycles. The average Bonchev–Trinajstić information content (AvgIpc) is 2.98. The molecule has 0 saturated carbocycles. The van der Waals surface area contributed by atoms with E-state index in [0.29, 0.717) is 0 Å². The number of cyclic esters (lactones) is 1. The van der Waals surface area contributed by atoms with Gasteiger partial charge in [-0.3, -0.25) is 9.69 Å². The number of carbonyl (C=O) groups excluding carboxylic acids is 1. The Morgan fingerprint density at radius 1 is 1.23 bits per heavy atom. The summed E-state index contributed by atoms with van der Waals surface area (Å²) >= 11 is 4.48. The molecule has 2 aromatic carbocycles. The van der Waals surface area contributed by atoms with E-state index in [1.807, 2.05) is 0 Å². The number of rotatable bonds is 6. The first-order valence-corrected chi connectivity index (χ1v) is 9.37. The fourth-order valence-corrected chi connectivity index (χ4v) is 2.95. The molecule has 1 saturated heterocycles. The number of carbonyl (C=O) groups is 1. The Morgan fingerprint density at radius 3 is 2.70 bits per heavy atom. The minimum Gasteiger partial charge on any atom is -0.442 e. The molecular weight excluding hydrogens is 419 g/mol. The number of thiocarbonyl (C=S) groups is 1. The summed E-state index contributed by atoms with van der Waals surface area (Å²) in [6, 6.07) is 10.4. The number of benzene rings is 1. The van der Waals surface area contributed by atoms with Crippen LogP contribution in [0.2, 0.25) is 0 Å². The third-order valence-electron chi connectivity index (χ3n) is 4.36. The molecule has 2 N–H and O–H groups in total. The molecule has 6 nitrogen and oxygen atoms in total. The molecule has 1 heterocycles. The van der Waals surface area contributed by atoms with E-state index in [0.717, 1.165) is 11.6 Å². The van der Waals surface area contributed by atoms with Crippen LogP contribution in [0.5, 0.6) is 0 Å². The summed E-state index contributed by atoms with van der Waals surface area (Å²) in [5, 5.41) is 5.09. The van der Waals surface area contributed by atoms with Gasteiger partial charge in [0.05, 0.1) is 30.2 Å². The summed E-state index contributed by atoms with van der Waals surface area (Å²) in [5.74, 6) is -0.677. The lowest BCUT2D eigenvalue weighted by atomic mass is 10.2. The first-order valence-electron chi connectivity index (χ1n) is 8.96. The molecule has 3 rings (SSSR count). The van der Waals surface area contributed by atoms with E-state index in [2.05, 4.69) is 22.9 Å². The van der Waals surface area contributed by atoms with Crippen molar-refractivity contribution in [3.8, 4) is 0 Å². The molecule has 30 heavy (non-hydrogen) atoms. The maximum Gasteiger partial charge on any atom is 0.414 e. The van der Waals surface area contributed by atoms with E-state index in [1.165, 1.54) is 23.1 Å². The second kappa shape index (κ2) is 9.12. The first kappa shape index (κ1) is 21.6. The number of halogens is 3. The van der Waals surface area contributed by atoms with Crippen molar-refractivity contribution >= 4 is 40.4 Å². The highest BCUT2D eigenvalue weighted by atomic mass is 32.1. The molecule has 1 aliphatic rings. The van der Waals surface area contributed by atoms with E-state index in [-0.39, 0.29) is 35.6 Å². The summed E-state index contributed by atoms with van der Waals surface area (Å²) < 4.78 is 44.6. The lowest BCUT2D eigenvalue weighted by molar-refractivity contribution is 0.142. The van der Waals surface area contributed by atoms with Gasteiger partial charge in [0, 0.05) is 0 Å². The molecule has 0 radical (unpaired) electrons. The number of aryl methyl sites for hydroxylation is 1. The molecule has 0 spiro atoms. The van der Waals surface area contributed by atoms with E-state index in [1.54, 1.807) is 25.1 Å². The largest absolute Gasteiger partial charge is 0.442 e. The molecule has 0 bridgehead atoms. The first-order chi connectivity index (χ1) is 14.2. The van der Waals surface area contributed by atoms with Crippen LogP contribution in [-0.2, 0) is 4.74 Å². The molecule has 10 heteroatoms. The van der Waals surface area contributed by atoms with Gasteiger partial charge < -0.3 is 15.4 Å². The molecule has 1 atom stereocenters. The van der Waals surface area contributed by atoms with Gasteiger partial charge >= 0.3 is 6.09 Å². The minimum atomic E-state index is -2.80. The predicted octanol–water partition coefficient (Wildman–Crippen LogP) is 3.75. The minimum absolute atomic E-state index is 0.0441. The monoisotopic (exact) mass is 437 g/mol. The molecule has 1 fully saturated rings. The van der Waals surface area contributed by atoms with Crippen molar-refractivity contribution in [3.05, 3.63) is 64.1 Å². The van der Waals surface area contributed by atoms with Crippen molar-refractivity contribution < 1.29 is 22.7 Å². The predicted molar refractivity (Wildman–Crippen MR) is 111 cm³/mol. The highest BCUT2D eigenvalue weighted by Crippen LogP contribution is 2.27. The zero-order chi connectivity index (χ0) is 21.8. The quantitative estimate of drug-likeness (QED) is 0.671. The third kappa shape index (κ3) is 5.07. The Labute approximate surface area is 175 Å². The van der Waals surface area contributed by atoms with Crippen LogP contribution in [-0.4, -0.2) is 36.7 Å². The normalized spacial score (nSPS) is 15.8. The summed E-state index contributed by atoms with van der Waals surface area (Å²) in [7, 11) is 0. The van der Waals surface area contributed by atoms with Crippen molar-refractivity contribution in [2.45, 2.75) is 19.5 Å². The zero-order valence-corrected chi connectivity index (χ0v) is 16.6. The van der Waals surface area contributed by atoms with Gasteiger partial charge in [0.1, 0.15) is 16.9 Å². The Hall–Kier alpha value is -3.14. The number of anilines is 3. The maximum atomic E-state index is 14.6. The number of amides is 1. The number of alkyl halides is 2. The van der Waals surface area contributed by atoms with Crippen LogP contribution in [0.25, 0.3) is 0 Å². The van der Waals surface area contributed by atoms with E-state index in [4.69, 9.17) is 4.74 Å². The van der Waals surface area contributed by atoms with Crippen LogP contribution in [0.1, 0.15) is 5.56 Å². The Balaban J connectivity index is 1.71. The highest BCUT2D eigenvalue weighted by molar-refractivity contribution is 7.80. The van der Waals surface area contributed by atoms with Crippen LogP contribution in [0.3, 0.4) is 0 Å². The third-order valence-corrected chi connectivity index (χ3v) is 4.68. The van der Waals surface area contributed by atoms with Gasteiger partial charge in [0.15, 0.2) is 0 Å². The molecule has 1 amide bonds. The van der Waals surface area contributed by atoms with Crippen LogP contribution in [0.15, 0.2) is 47.3 Å². The van der Waals surface area contributed by atoms with E-state index in [9.17, 15) is 22.8 Å². The molecule has 0 aliphatic carbocycles. The Morgan fingerprint density at radius 2 is 2.00 bits per heavy atom. The molecular formula is C20H18F3N3O3S. The number of nitrogens with zero attached hydrogens (tertiary/aromatic N) is 1. The smallest absolute Gasteiger partial charge is 0.414 e. The molecule has 2 aromatic rings. The van der Waals surface area contributed by atoms with Crippen LogP contribution in [0, 0.1) is 12.7 Å². The number of hydrogen-bond acceptors (Lipinski definition) is 5.